The first-order chi connectivity index (χ1) is 11.6. The van der Waals surface area contributed by atoms with Crippen LogP contribution >= 0.6 is 0 Å². The van der Waals surface area contributed by atoms with Gasteiger partial charge < -0.3 is 31.1 Å². The fourth-order valence-corrected chi connectivity index (χ4v) is 3.16. The lowest BCUT2D eigenvalue weighted by atomic mass is 9.74. The second-order valence-electron chi connectivity index (χ2n) is 6.37. The van der Waals surface area contributed by atoms with Crippen molar-refractivity contribution in [3.05, 3.63) is 0 Å². The van der Waals surface area contributed by atoms with Gasteiger partial charge in [0.25, 0.3) is 0 Å². The van der Waals surface area contributed by atoms with Crippen molar-refractivity contribution in [1.29, 1.82) is 0 Å². The summed E-state index contributed by atoms with van der Waals surface area (Å²) in [4.78, 5) is 32.7. The van der Waals surface area contributed by atoms with Crippen LogP contribution in [0.1, 0.15) is 20.3 Å². The second kappa shape index (κ2) is 9.78. The van der Waals surface area contributed by atoms with Crippen LogP contribution in [-0.2, 0) is 14.4 Å². The van der Waals surface area contributed by atoms with Crippen molar-refractivity contribution in [3.8, 4) is 0 Å². The molecule has 0 heterocycles. The highest BCUT2D eigenvalue weighted by Crippen LogP contribution is 2.26. The number of ketones is 1. The maximum absolute atomic E-state index is 11.2. The molecule has 0 aromatic carbocycles. The SMILES string of the molecule is CC(=O)CN[C@@H]1[C@H](C)[C@H](NCCC(=O)O)[C@H](O)[C@H](NCC(=O)O)[C@@H]1O. The lowest BCUT2D eigenvalue weighted by Crippen LogP contribution is -2.71. The van der Waals surface area contributed by atoms with E-state index in [4.69, 9.17) is 10.2 Å². The van der Waals surface area contributed by atoms with E-state index in [0.29, 0.717) is 0 Å². The summed E-state index contributed by atoms with van der Waals surface area (Å²) < 4.78 is 0. The number of hydrogen-bond acceptors (Lipinski definition) is 8. The molecule has 7 N–H and O–H groups in total. The summed E-state index contributed by atoms with van der Waals surface area (Å²) in [5, 5.41) is 47.1. The molecule has 0 aliphatic heterocycles. The van der Waals surface area contributed by atoms with E-state index >= 15 is 0 Å². The lowest BCUT2D eigenvalue weighted by Gasteiger charge is -2.48. The first-order valence-corrected chi connectivity index (χ1v) is 8.14. The van der Waals surface area contributed by atoms with Gasteiger partial charge in [-0.25, -0.2) is 0 Å². The highest BCUT2D eigenvalue weighted by molar-refractivity contribution is 5.77. The first kappa shape index (κ1) is 21.5. The Kier molecular flexibility index (Phi) is 8.39. The zero-order chi connectivity index (χ0) is 19.1. The molecule has 25 heavy (non-hydrogen) atoms. The molecule has 0 radical (unpaired) electrons. The number of aliphatic hydroxyl groups excluding tert-OH is 2. The van der Waals surface area contributed by atoms with Crippen molar-refractivity contribution in [2.45, 2.75) is 50.6 Å². The molecule has 10 heteroatoms. The molecule has 0 saturated heterocycles. The summed E-state index contributed by atoms with van der Waals surface area (Å²) >= 11 is 0. The molecule has 0 spiro atoms. The Labute approximate surface area is 145 Å². The van der Waals surface area contributed by atoms with Crippen LogP contribution < -0.4 is 16.0 Å². The average Bonchev–Trinajstić information content (AvgIpc) is 2.49. The van der Waals surface area contributed by atoms with Crippen molar-refractivity contribution in [1.82, 2.24) is 16.0 Å². The number of carbonyl (C=O) groups excluding carboxylic acids is 1. The quantitative estimate of drug-likeness (QED) is 0.219. The molecule has 0 bridgehead atoms. The summed E-state index contributed by atoms with van der Waals surface area (Å²) in [6.45, 7) is 2.84. The Balaban J connectivity index is 2.90. The zero-order valence-electron chi connectivity index (χ0n) is 14.3. The number of hydrogen-bond donors (Lipinski definition) is 7. The van der Waals surface area contributed by atoms with E-state index in [2.05, 4.69) is 16.0 Å². The van der Waals surface area contributed by atoms with E-state index < -0.39 is 48.8 Å². The Morgan fingerprint density at radius 3 is 1.84 bits per heavy atom. The molecule has 144 valence electrons. The standard InChI is InChI=1S/C15H27N3O7/c1-7(19)5-17-12-8(2)11(16-4-3-9(20)21)14(24)13(15(12)25)18-6-10(22)23/h8,11-18,24-25H,3-6H2,1-2H3,(H,20,21)(H,22,23)/t8-,11+,12-,13+,14+,15-/m1/s1. The van der Waals surface area contributed by atoms with Crippen molar-refractivity contribution >= 4 is 17.7 Å². The fourth-order valence-electron chi connectivity index (χ4n) is 3.16. The molecule has 0 aromatic rings. The zero-order valence-corrected chi connectivity index (χ0v) is 14.3. The van der Waals surface area contributed by atoms with Gasteiger partial charge in [0, 0.05) is 18.6 Å². The van der Waals surface area contributed by atoms with Gasteiger partial charge in [0.05, 0.1) is 37.8 Å². The highest BCUT2D eigenvalue weighted by Gasteiger charge is 2.47. The van der Waals surface area contributed by atoms with Gasteiger partial charge in [-0.3, -0.25) is 19.7 Å². The minimum atomic E-state index is -1.14. The smallest absolute Gasteiger partial charge is 0.317 e. The van der Waals surface area contributed by atoms with Gasteiger partial charge in [0.2, 0.25) is 0 Å². The third kappa shape index (κ3) is 6.33. The van der Waals surface area contributed by atoms with Crippen LogP contribution in [0.3, 0.4) is 0 Å². The largest absolute Gasteiger partial charge is 0.481 e. The third-order valence-corrected chi connectivity index (χ3v) is 4.40. The number of rotatable bonds is 10. The molecule has 1 rings (SSSR count). The minimum absolute atomic E-state index is 0.0235. The van der Waals surface area contributed by atoms with E-state index in [1.165, 1.54) is 6.92 Å². The number of carboxylic acids is 2. The van der Waals surface area contributed by atoms with E-state index in [1.807, 2.05) is 0 Å². The summed E-state index contributed by atoms with van der Waals surface area (Å²) in [5.74, 6) is -2.59. The number of Topliss-reactive ketones (excluding diaryl/α,β-unsaturated/α-hetero) is 1. The van der Waals surface area contributed by atoms with Crippen molar-refractivity contribution in [3.63, 3.8) is 0 Å². The van der Waals surface area contributed by atoms with Gasteiger partial charge in [-0.05, 0) is 12.8 Å². The lowest BCUT2D eigenvalue weighted by molar-refractivity contribution is -0.138. The summed E-state index contributed by atoms with van der Waals surface area (Å²) in [7, 11) is 0. The van der Waals surface area contributed by atoms with Crippen LogP contribution in [0.2, 0.25) is 0 Å². The predicted molar refractivity (Wildman–Crippen MR) is 87.1 cm³/mol. The fraction of sp³-hybridized carbons (Fsp3) is 0.800. The first-order valence-electron chi connectivity index (χ1n) is 8.14. The minimum Gasteiger partial charge on any atom is -0.481 e. The van der Waals surface area contributed by atoms with Gasteiger partial charge in [-0.2, -0.15) is 0 Å². The predicted octanol–water partition coefficient (Wildman–Crippen LogP) is -2.62. The summed E-state index contributed by atoms with van der Waals surface area (Å²) in [6, 6.07) is -2.11. The van der Waals surface area contributed by atoms with Crippen LogP contribution in [0.25, 0.3) is 0 Å². The average molecular weight is 361 g/mol. The number of nitrogens with one attached hydrogen (secondary N) is 3. The topological polar surface area (TPSA) is 168 Å². The van der Waals surface area contributed by atoms with Gasteiger partial charge in [-0.1, -0.05) is 6.92 Å². The van der Waals surface area contributed by atoms with Gasteiger partial charge in [-0.15, -0.1) is 0 Å². The maximum Gasteiger partial charge on any atom is 0.317 e. The van der Waals surface area contributed by atoms with Crippen LogP contribution in [0, 0.1) is 5.92 Å². The molecule has 1 fully saturated rings. The van der Waals surface area contributed by atoms with Crippen molar-refractivity contribution < 1.29 is 34.8 Å². The number of aliphatic hydroxyl groups is 2. The molecular weight excluding hydrogens is 334 g/mol. The Morgan fingerprint density at radius 2 is 1.36 bits per heavy atom. The number of aliphatic carboxylic acids is 2. The summed E-state index contributed by atoms with van der Waals surface area (Å²) in [6.07, 6.45) is -2.40. The van der Waals surface area contributed by atoms with Crippen molar-refractivity contribution in [2.24, 2.45) is 5.92 Å². The molecule has 1 aliphatic carbocycles. The number of carboxylic acid groups (broad SMARTS) is 2. The Morgan fingerprint density at radius 1 is 0.840 bits per heavy atom. The van der Waals surface area contributed by atoms with Crippen molar-refractivity contribution in [2.75, 3.05) is 19.6 Å². The van der Waals surface area contributed by atoms with Gasteiger partial charge >= 0.3 is 11.9 Å². The van der Waals surface area contributed by atoms with Crippen LogP contribution in [-0.4, -0.2) is 88.1 Å². The summed E-state index contributed by atoms with van der Waals surface area (Å²) in [5.41, 5.74) is 0. The molecule has 1 aliphatic rings. The van der Waals surface area contributed by atoms with E-state index in [0.717, 1.165) is 0 Å². The Hall–Kier alpha value is -1.59. The Bertz CT molecular complexity index is 456. The normalized spacial score (nSPS) is 32.3. The van der Waals surface area contributed by atoms with E-state index in [1.54, 1.807) is 6.92 Å². The van der Waals surface area contributed by atoms with E-state index in [9.17, 15) is 24.6 Å². The van der Waals surface area contributed by atoms with Gasteiger partial charge in [0.1, 0.15) is 5.78 Å². The molecule has 0 amide bonds. The molecule has 0 unspecified atom stereocenters. The maximum atomic E-state index is 11.2. The second-order valence-corrected chi connectivity index (χ2v) is 6.37. The van der Waals surface area contributed by atoms with Crippen LogP contribution in [0.4, 0.5) is 0 Å². The molecule has 1 saturated carbocycles. The van der Waals surface area contributed by atoms with Crippen LogP contribution in [0.5, 0.6) is 0 Å². The monoisotopic (exact) mass is 361 g/mol. The molecule has 6 atom stereocenters. The highest BCUT2D eigenvalue weighted by atomic mass is 16.4. The number of carbonyl (C=O) groups is 3. The van der Waals surface area contributed by atoms with Gasteiger partial charge in [0.15, 0.2) is 0 Å². The third-order valence-electron chi connectivity index (χ3n) is 4.40. The van der Waals surface area contributed by atoms with Crippen LogP contribution in [0.15, 0.2) is 0 Å². The molecule has 10 nitrogen and oxygen atoms in total. The molecule has 0 aromatic heterocycles. The molecular formula is C15H27N3O7. The van der Waals surface area contributed by atoms with E-state index in [-0.39, 0.29) is 31.2 Å².